The molecule has 0 aromatic heterocycles. The van der Waals surface area contributed by atoms with E-state index >= 15 is 0 Å². The van der Waals surface area contributed by atoms with Crippen LogP contribution in [0.3, 0.4) is 0 Å². The molecule has 1 aromatic rings. The van der Waals surface area contributed by atoms with Gasteiger partial charge in [-0.2, -0.15) is 0 Å². The van der Waals surface area contributed by atoms with Crippen LogP contribution in [0.25, 0.3) is 4.85 Å². The van der Waals surface area contributed by atoms with Gasteiger partial charge in [0.15, 0.2) is 0 Å². The number of hydrogen-bond donors (Lipinski definition) is 0. The summed E-state index contributed by atoms with van der Waals surface area (Å²) in [5.74, 6) is -1.27. The molecule has 0 atom stereocenters. The molecule has 1 aliphatic carbocycles. The fourth-order valence-electron chi connectivity index (χ4n) is 1.52. The van der Waals surface area contributed by atoms with Crippen LogP contribution in [0, 0.1) is 18.2 Å². The third-order valence-corrected chi connectivity index (χ3v) is 2.87. The van der Waals surface area contributed by atoms with Gasteiger partial charge in [0.05, 0.1) is 0 Å². The maximum Gasteiger partial charge on any atom is 0.263 e. The second kappa shape index (κ2) is 3.03. The molecule has 0 saturated heterocycles. The molecule has 1 aliphatic rings. The third kappa shape index (κ3) is 1.32. The molecule has 0 spiro atoms. The van der Waals surface area contributed by atoms with Crippen molar-refractivity contribution in [1.29, 1.82) is 0 Å². The van der Waals surface area contributed by atoms with Gasteiger partial charge >= 0.3 is 0 Å². The monoisotopic (exact) mass is 257 g/mol. The Balaban J connectivity index is 2.60. The Labute approximate surface area is 88.7 Å². The summed E-state index contributed by atoms with van der Waals surface area (Å²) < 4.78 is 27.2. The lowest BCUT2D eigenvalue weighted by molar-refractivity contribution is 0.538. The lowest BCUT2D eigenvalue weighted by Crippen LogP contribution is -2.07. The van der Waals surface area contributed by atoms with Crippen molar-refractivity contribution in [3.63, 3.8) is 0 Å². The molecule has 0 bridgehead atoms. The van der Waals surface area contributed by atoms with E-state index in [1.165, 1.54) is 12.1 Å². The first-order valence-electron chi connectivity index (χ1n) is 4.13. The highest BCUT2D eigenvalue weighted by Crippen LogP contribution is 2.51. The number of halogens is 3. The second-order valence-corrected chi connectivity index (χ2v) is 4.30. The minimum absolute atomic E-state index is 0.0734. The molecular weight excluding hydrogens is 252 g/mol. The van der Waals surface area contributed by atoms with E-state index in [0.29, 0.717) is 17.3 Å². The average molecular weight is 258 g/mol. The van der Waals surface area contributed by atoms with Gasteiger partial charge in [-0.05, 0) is 12.1 Å². The summed E-state index contributed by atoms with van der Waals surface area (Å²) in [7, 11) is 0. The first-order valence-corrected chi connectivity index (χ1v) is 4.92. The maximum atomic E-state index is 13.4. The summed E-state index contributed by atoms with van der Waals surface area (Å²) in [6, 6.07) is 2.40. The zero-order chi connectivity index (χ0) is 10.3. The van der Waals surface area contributed by atoms with Gasteiger partial charge in [-0.25, -0.2) is 15.4 Å². The molecule has 0 heterocycles. The van der Waals surface area contributed by atoms with Gasteiger partial charge in [0.25, 0.3) is 5.54 Å². The highest BCUT2D eigenvalue weighted by atomic mass is 79.9. The molecule has 72 valence electrons. The van der Waals surface area contributed by atoms with Crippen molar-refractivity contribution in [2.75, 3.05) is 0 Å². The minimum Gasteiger partial charge on any atom is -0.305 e. The Bertz CT molecular complexity index is 409. The molecule has 1 aromatic carbocycles. The van der Waals surface area contributed by atoms with Crippen LogP contribution >= 0.6 is 15.9 Å². The lowest BCUT2D eigenvalue weighted by atomic mass is 10.0. The van der Waals surface area contributed by atoms with Crippen molar-refractivity contribution >= 4 is 15.9 Å². The quantitative estimate of drug-likeness (QED) is 0.677. The summed E-state index contributed by atoms with van der Waals surface area (Å²) in [5.41, 5.74) is -0.995. The van der Waals surface area contributed by atoms with E-state index in [4.69, 9.17) is 6.57 Å². The first kappa shape index (κ1) is 9.60. The molecule has 0 aliphatic heterocycles. The smallest absolute Gasteiger partial charge is 0.263 e. The van der Waals surface area contributed by atoms with Gasteiger partial charge in [-0.3, -0.25) is 0 Å². The van der Waals surface area contributed by atoms with E-state index in [9.17, 15) is 8.78 Å². The predicted octanol–water partition coefficient (Wildman–Crippen LogP) is 3.64. The summed E-state index contributed by atoms with van der Waals surface area (Å²) >= 11 is 3.00. The fourth-order valence-corrected chi connectivity index (χ4v) is 1.92. The van der Waals surface area contributed by atoms with E-state index in [2.05, 4.69) is 20.8 Å². The highest BCUT2D eigenvalue weighted by molar-refractivity contribution is 9.10. The number of benzene rings is 1. The molecule has 4 heteroatoms. The molecule has 0 amide bonds. The Morgan fingerprint density at radius 1 is 1.29 bits per heavy atom. The Kier molecular flexibility index (Phi) is 2.07. The SMILES string of the molecule is [C-]#[N+]C1(c2c(F)cc(Br)cc2F)CC1. The van der Waals surface area contributed by atoms with Crippen LogP contribution < -0.4 is 0 Å². The van der Waals surface area contributed by atoms with Gasteiger partial charge in [0, 0.05) is 17.3 Å². The molecule has 2 rings (SSSR count). The van der Waals surface area contributed by atoms with Crippen LogP contribution in [0.4, 0.5) is 8.78 Å². The van der Waals surface area contributed by atoms with Gasteiger partial charge in [-0.1, -0.05) is 15.9 Å². The van der Waals surface area contributed by atoms with Gasteiger partial charge in [-0.15, -0.1) is 0 Å². The van der Waals surface area contributed by atoms with Crippen LogP contribution in [-0.4, -0.2) is 0 Å². The van der Waals surface area contributed by atoms with Crippen LogP contribution in [0.15, 0.2) is 16.6 Å². The molecule has 0 N–H and O–H groups in total. The number of hydrogen-bond acceptors (Lipinski definition) is 0. The predicted molar refractivity (Wildman–Crippen MR) is 51.6 cm³/mol. The Hall–Kier alpha value is -0.950. The number of rotatable bonds is 1. The van der Waals surface area contributed by atoms with Crippen LogP contribution in [0.1, 0.15) is 18.4 Å². The van der Waals surface area contributed by atoms with Gasteiger partial charge in [0.2, 0.25) is 0 Å². The molecule has 1 fully saturated rings. The largest absolute Gasteiger partial charge is 0.305 e. The Morgan fingerprint density at radius 2 is 1.79 bits per heavy atom. The summed E-state index contributed by atoms with van der Waals surface area (Å²) in [6.45, 7) is 6.93. The standard InChI is InChI=1S/C10H6BrF2N/c1-14-10(2-3-10)9-7(12)4-6(11)5-8(9)13/h4-5H,2-3H2. The van der Waals surface area contributed by atoms with Crippen molar-refractivity contribution in [3.8, 4) is 0 Å². The van der Waals surface area contributed by atoms with Crippen molar-refractivity contribution in [1.82, 2.24) is 0 Å². The van der Waals surface area contributed by atoms with Crippen molar-refractivity contribution in [2.45, 2.75) is 18.4 Å². The lowest BCUT2D eigenvalue weighted by Gasteiger charge is -2.06. The second-order valence-electron chi connectivity index (χ2n) is 3.39. The molecular formula is C10H6BrF2N. The zero-order valence-corrected chi connectivity index (χ0v) is 8.74. The fraction of sp³-hybridized carbons (Fsp3) is 0.300. The van der Waals surface area contributed by atoms with Gasteiger partial charge in [0.1, 0.15) is 17.2 Å². The maximum absolute atomic E-state index is 13.4. The summed E-state index contributed by atoms with van der Waals surface area (Å²) in [5, 5.41) is 0. The van der Waals surface area contributed by atoms with E-state index in [-0.39, 0.29) is 5.56 Å². The van der Waals surface area contributed by atoms with Crippen molar-refractivity contribution in [2.24, 2.45) is 0 Å². The normalized spacial score (nSPS) is 17.6. The van der Waals surface area contributed by atoms with Crippen molar-refractivity contribution in [3.05, 3.63) is 45.2 Å². The summed E-state index contributed by atoms with van der Waals surface area (Å²) in [4.78, 5) is 3.31. The first-order chi connectivity index (χ1) is 6.59. The highest BCUT2D eigenvalue weighted by Gasteiger charge is 2.56. The van der Waals surface area contributed by atoms with Crippen LogP contribution in [0.2, 0.25) is 0 Å². The average Bonchev–Trinajstić information content (AvgIpc) is 2.83. The molecule has 1 saturated carbocycles. The van der Waals surface area contributed by atoms with Crippen LogP contribution in [-0.2, 0) is 5.54 Å². The molecule has 0 radical (unpaired) electrons. The van der Waals surface area contributed by atoms with Crippen LogP contribution in [0.5, 0.6) is 0 Å². The van der Waals surface area contributed by atoms with Gasteiger partial charge < -0.3 is 4.85 Å². The molecule has 14 heavy (non-hydrogen) atoms. The van der Waals surface area contributed by atoms with E-state index in [1.54, 1.807) is 0 Å². The van der Waals surface area contributed by atoms with E-state index in [0.717, 1.165) is 0 Å². The molecule has 1 nitrogen and oxygen atoms in total. The minimum atomic E-state index is -0.922. The topological polar surface area (TPSA) is 4.36 Å². The van der Waals surface area contributed by atoms with Crippen molar-refractivity contribution < 1.29 is 8.78 Å². The number of nitrogens with zero attached hydrogens (tertiary/aromatic N) is 1. The zero-order valence-electron chi connectivity index (χ0n) is 7.15. The third-order valence-electron chi connectivity index (χ3n) is 2.41. The summed E-state index contributed by atoms with van der Waals surface area (Å²) in [6.07, 6.45) is 1.10. The Morgan fingerprint density at radius 3 is 2.14 bits per heavy atom. The van der Waals surface area contributed by atoms with E-state index in [1.807, 2.05) is 0 Å². The molecule has 0 unspecified atom stereocenters. The van der Waals surface area contributed by atoms with E-state index < -0.39 is 17.2 Å².